The van der Waals surface area contributed by atoms with Crippen molar-refractivity contribution in [2.24, 2.45) is 0 Å². The molecule has 66 heavy (non-hydrogen) atoms. The largest absolute Gasteiger partial charge is 0.477 e. The number of ether oxygens (including phenoxy) is 7. The molecule has 29 nitrogen and oxygen atoms in total. The molecule has 0 bridgehead atoms. The van der Waals surface area contributed by atoms with Crippen LogP contribution in [0.2, 0.25) is 0 Å². The van der Waals surface area contributed by atoms with E-state index >= 15 is 0 Å². The average molecular weight is 965 g/mol. The highest BCUT2D eigenvalue weighted by molar-refractivity contribution is 5.78. The molecule has 0 spiro atoms. The Kier molecular flexibility index (Phi) is 19.2. The van der Waals surface area contributed by atoms with Gasteiger partial charge in [0.2, 0.25) is 11.8 Å². The van der Waals surface area contributed by atoms with Gasteiger partial charge in [-0.25, -0.2) is 9.59 Å². The highest BCUT2D eigenvalue weighted by Gasteiger charge is 2.62. The minimum Gasteiger partial charge on any atom is -0.477 e. The van der Waals surface area contributed by atoms with Crippen LogP contribution in [0.3, 0.4) is 0 Å². The SMILES string of the molecule is CC(=O)C[C@@H]1OC(CO)[C@@H](O[C@@H]2OC(CO)[C@H](O)[C@H](O[C@]3(C(=O)O)C[C@@H](O)[C@@H](NC(C)=O)C([C@H](O)[C@@H](CO)O[C@]4(C(=O)O)C[C@@H](O)[C@@H](NC(C)=O)C([C@H](O)[C@H](O)CO)O4)O3)C2O)[C@H](O)C1O. The minimum absolute atomic E-state index is 0.399. The number of carbonyl (C=O) groups excluding carboxylic acids is 3. The molecular weight excluding hydrogens is 904 g/mol. The summed E-state index contributed by atoms with van der Waals surface area (Å²) in [6, 6.07) is -3.57. The summed E-state index contributed by atoms with van der Waals surface area (Å²) in [7, 11) is 0. The van der Waals surface area contributed by atoms with Crippen LogP contribution in [-0.2, 0) is 57.1 Å². The molecule has 4 rings (SSSR count). The van der Waals surface area contributed by atoms with Gasteiger partial charge in [-0.3, -0.25) is 14.4 Å². The topological polar surface area (TPSA) is 477 Å². The van der Waals surface area contributed by atoms with E-state index in [2.05, 4.69) is 10.6 Å². The second kappa shape index (κ2) is 22.9. The first-order valence-electron chi connectivity index (χ1n) is 20.6. The third kappa shape index (κ3) is 11.9. The van der Waals surface area contributed by atoms with Crippen molar-refractivity contribution >= 4 is 29.5 Å². The molecule has 4 heterocycles. The first-order valence-corrected chi connectivity index (χ1v) is 20.6. The van der Waals surface area contributed by atoms with Gasteiger partial charge >= 0.3 is 11.9 Å². The van der Waals surface area contributed by atoms with Gasteiger partial charge in [0.1, 0.15) is 91.2 Å². The lowest BCUT2D eigenvalue weighted by Gasteiger charge is -2.51. The number of rotatable bonds is 20. The van der Waals surface area contributed by atoms with Gasteiger partial charge in [-0.05, 0) is 6.92 Å². The number of carboxylic acid groups (broad SMARTS) is 2. The van der Waals surface area contributed by atoms with E-state index in [0.717, 1.165) is 13.8 Å². The lowest BCUT2D eigenvalue weighted by molar-refractivity contribution is -0.384. The number of carbonyl (C=O) groups is 5. The van der Waals surface area contributed by atoms with Crippen LogP contribution in [-0.4, -0.2) is 266 Å². The third-order valence-corrected chi connectivity index (χ3v) is 11.6. The number of amides is 2. The smallest absolute Gasteiger partial charge is 0.364 e. The van der Waals surface area contributed by atoms with E-state index in [0.29, 0.717) is 0 Å². The van der Waals surface area contributed by atoms with Crippen LogP contribution in [0.5, 0.6) is 0 Å². The number of ketones is 1. The van der Waals surface area contributed by atoms with Gasteiger partial charge in [-0.1, -0.05) is 0 Å². The number of aliphatic carboxylic acids is 2. The van der Waals surface area contributed by atoms with Crippen LogP contribution in [0, 0.1) is 0 Å². The van der Waals surface area contributed by atoms with E-state index in [1.54, 1.807) is 0 Å². The van der Waals surface area contributed by atoms with Gasteiger partial charge in [-0.15, -0.1) is 0 Å². The van der Waals surface area contributed by atoms with Crippen molar-refractivity contribution in [3.05, 3.63) is 0 Å². The molecule has 0 saturated carbocycles. The first kappa shape index (κ1) is 55.3. The molecule has 0 aromatic carbocycles. The van der Waals surface area contributed by atoms with Crippen molar-refractivity contribution in [1.82, 2.24) is 10.6 Å². The maximum absolute atomic E-state index is 13.2. The summed E-state index contributed by atoms with van der Waals surface area (Å²) in [6.07, 6.45) is -39.9. The van der Waals surface area contributed by atoms with E-state index in [1.807, 2.05) is 0 Å². The quantitative estimate of drug-likeness (QED) is 0.0539. The maximum atomic E-state index is 13.2. The molecule has 4 aliphatic rings. The van der Waals surface area contributed by atoms with Gasteiger partial charge < -0.3 is 120 Å². The number of aliphatic hydroxyl groups excluding tert-OH is 13. The summed E-state index contributed by atoms with van der Waals surface area (Å²) < 4.78 is 39.2. The van der Waals surface area contributed by atoms with E-state index in [1.165, 1.54) is 6.92 Å². The van der Waals surface area contributed by atoms with E-state index in [4.69, 9.17) is 33.2 Å². The summed E-state index contributed by atoms with van der Waals surface area (Å²) in [5.74, 6) is -13.1. The predicted molar refractivity (Wildman–Crippen MR) is 205 cm³/mol. The highest BCUT2D eigenvalue weighted by Crippen LogP contribution is 2.40. The van der Waals surface area contributed by atoms with Crippen molar-refractivity contribution in [1.29, 1.82) is 0 Å². The normalized spacial score (nSPS) is 41.5. The Morgan fingerprint density at radius 3 is 1.62 bits per heavy atom. The second-order valence-electron chi connectivity index (χ2n) is 16.5. The van der Waals surface area contributed by atoms with Crippen molar-refractivity contribution in [3.63, 3.8) is 0 Å². The number of carboxylic acids is 2. The summed E-state index contributed by atoms with van der Waals surface area (Å²) in [5, 5.41) is 165. The molecular formula is C37H60N2O27. The van der Waals surface area contributed by atoms with E-state index in [9.17, 15) is 101 Å². The fraction of sp³-hybridized carbons (Fsp3) is 0.865. The first-order chi connectivity index (χ1) is 30.8. The second-order valence-corrected chi connectivity index (χ2v) is 16.5. The van der Waals surface area contributed by atoms with Gasteiger partial charge in [0.05, 0.1) is 56.8 Å². The zero-order valence-electron chi connectivity index (χ0n) is 35.6. The molecule has 22 atom stereocenters. The van der Waals surface area contributed by atoms with Crippen LogP contribution in [0.25, 0.3) is 0 Å². The van der Waals surface area contributed by atoms with Crippen molar-refractivity contribution in [2.45, 2.75) is 174 Å². The molecule has 0 aromatic heterocycles. The maximum Gasteiger partial charge on any atom is 0.364 e. The number of hydrogen-bond donors (Lipinski definition) is 17. The summed E-state index contributed by atoms with van der Waals surface area (Å²) in [4.78, 5) is 62.2. The number of aliphatic hydroxyl groups is 13. The summed E-state index contributed by atoms with van der Waals surface area (Å²) in [6.45, 7) is -1.52. The zero-order valence-corrected chi connectivity index (χ0v) is 35.6. The zero-order chi connectivity index (χ0) is 49.7. The monoisotopic (exact) mass is 964 g/mol. The molecule has 17 N–H and O–H groups in total. The molecule has 2 amide bonds. The lowest BCUT2D eigenvalue weighted by Crippen LogP contribution is -2.72. The van der Waals surface area contributed by atoms with Crippen molar-refractivity contribution < 1.29 is 134 Å². The fourth-order valence-electron chi connectivity index (χ4n) is 8.30. The van der Waals surface area contributed by atoms with E-state index in [-0.39, 0.29) is 0 Å². The molecule has 0 aliphatic carbocycles. The predicted octanol–water partition coefficient (Wildman–Crippen LogP) is -10.0. The molecule has 6 unspecified atom stereocenters. The Morgan fingerprint density at radius 2 is 1.15 bits per heavy atom. The van der Waals surface area contributed by atoms with Crippen molar-refractivity contribution in [3.8, 4) is 0 Å². The summed E-state index contributed by atoms with van der Waals surface area (Å²) >= 11 is 0. The Hall–Kier alpha value is -3.25. The Morgan fingerprint density at radius 1 is 0.636 bits per heavy atom. The molecule has 380 valence electrons. The molecule has 29 heteroatoms. The van der Waals surface area contributed by atoms with Crippen LogP contribution >= 0.6 is 0 Å². The highest BCUT2D eigenvalue weighted by atomic mass is 16.8. The Balaban J connectivity index is 1.71. The average Bonchev–Trinajstić information content (AvgIpc) is 3.25. The third-order valence-electron chi connectivity index (χ3n) is 11.6. The van der Waals surface area contributed by atoms with Crippen LogP contribution < -0.4 is 10.6 Å². The van der Waals surface area contributed by atoms with Crippen molar-refractivity contribution in [2.75, 3.05) is 26.4 Å². The van der Waals surface area contributed by atoms with E-state index < -0.39 is 209 Å². The Labute approximate surface area is 373 Å². The van der Waals surface area contributed by atoms with Gasteiger partial charge in [0, 0.05) is 33.1 Å². The molecule has 0 aromatic rings. The summed E-state index contributed by atoms with van der Waals surface area (Å²) in [5.41, 5.74) is 0. The standard InChI is InChI=1S/C37H60N2O27/c1-11(44)4-17-24(51)27(54)29(20(10-43)60-17)62-33-28(55)32(25(52)18(8-41)61-33)66-37(35(58)59)6-15(48)22(39-13(3)46)31(65-37)26(53)19(9-42)63-36(34(56)57)5-14(47)21(38-12(2)45)30(64-36)23(50)16(49)7-40/h14-33,40-43,47-55H,4-10H2,1-3H3,(H,38,45)(H,39,46)(H,56,57)(H,58,59)/t14-,15-,16-,17+,18?,19-,20?,21-,22-,23-,24?,25+,26-,27-,28?,29-,30?,31?,32+,33+,36-,37+/m1/s1. The van der Waals surface area contributed by atoms with Gasteiger partial charge in [0.15, 0.2) is 6.29 Å². The van der Waals surface area contributed by atoms with Crippen LogP contribution in [0.4, 0.5) is 0 Å². The number of nitrogens with one attached hydrogen (secondary N) is 2. The number of hydrogen-bond acceptors (Lipinski definition) is 25. The number of Topliss-reactive ketones (excluding diaryl/α,β-unsaturated/α-hetero) is 1. The molecule has 4 fully saturated rings. The lowest BCUT2D eigenvalue weighted by atomic mass is 9.87. The minimum atomic E-state index is -3.34. The molecule has 0 radical (unpaired) electrons. The fourth-order valence-corrected chi connectivity index (χ4v) is 8.30. The van der Waals surface area contributed by atoms with Crippen LogP contribution in [0.15, 0.2) is 0 Å². The molecule has 4 aliphatic heterocycles. The van der Waals surface area contributed by atoms with Crippen LogP contribution in [0.1, 0.15) is 40.0 Å². The molecule has 4 saturated heterocycles. The Bertz CT molecular complexity index is 1680. The van der Waals surface area contributed by atoms with Gasteiger partial charge in [0.25, 0.3) is 11.6 Å². The van der Waals surface area contributed by atoms with Gasteiger partial charge in [-0.2, -0.15) is 0 Å².